The molecule has 2 fully saturated rings. The maximum atomic E-state index is 5.69. The zero-order valence-corrected chi connectivity index (χ0v) is 18.5. The van der Waals surface area contributed by atoms with Crippen LogP contribution in [-0.2, 0) is 9.47 Å². The molecule has 1 heterocycles. The van der Waals surface area contributed by atoms with E-state index < -0.39 is 0 Å². The lowest BCUT2D eigenvalue weighted by Gasteiger charge is -2.25. The molecule has 1 atom stereocenters. The van der Waals surface area contributed by atoms with Gasteiger partial charge in [0, 0.05) is 39.7 Å². The van der Waals surface area contributed by atoms with Crippen molar-refractivity contribution >= 4 is 29.9 Å². The lowest BCUT2D eigenvalue weighted by atomic mass is 9.91. The summed E-state index contributed by atoms with van der Waals surface area (Å²) in [6.07, 6.45) is 11.0. The van der Waals surface area contributed by atoms with Crippen molar-refractivity contribution in [2.75, 3.05) is 53.6 Å². The van der Waals surface area contributed by atoms with E-state index in [0.29, 0.717) is 19.1 Å². The predicted molar refractivity (Wildman–Crippen MR) is 115 cm³/mol. The number of aliphatic imine (C=N–C) groups is 1. The first kappa shape index (κ1) is 23.0. The fourth-order valence-electron chi connectivity index (χ4n) is 3.87. The van der Waals surface area contributed by atoms with Crippen LogP contribution in [0.2, 0.25) is 0 Å². The number of hydrogen-bond acceptors (Lipinski definition) is 3. The predicted octanol–water partition coefficient (Wildman–Crippen LogP) is 3.53. The van der Waals surface area contributed by atoms with Crippen LogP contribution in [0.1, 0.15) is 51.4 Å². The number of ether oxygens (including phenoxy) is 2. The fourth-order valence-corrected chi connectivity index (χ4v) is 3.87. The van der Waals surface area contributed by atoms with Gasteiger partial charge < -0.3 is 19.7 Å². The van der Waals surface area contributed by atoms with Crippen molar-refractivity contribution in [3.05, 3.63) is 0 Å². The molecule has 0 radical (unpaired) electrons. The molecule has 0 amide bonds. The Morgan fingerprint density at radius 1 is 1.04 bits per heavy atom. The highest BCUT2D eigenvalue weighted by Gasteiger charge is 2.25. The fraction of sp³-hybridized carbons (Fsp3) is 0.947. The van der Waals surface area contributed by atoms with Crippen LogP contribution >= 0.6 is 24.0 Å². The van der Waals surface area contributed by atoms with E-state index >= 15 is 0 Å². The molecule has 148 valence electrons. The van der Waals surface area contributed by atoms with Crippen LogP contribution in [0.5, 0.6) is 0 Å². The van der Waals surface area contributed by atoms with Gasteiger partial charge in [-0.15, -0.1) is 24.0 Å². The molecule has 2 aliphatic rings. The Labute approximate surface area is 171 Å². The van der Waals surface area contributed by atoms with E-state index in [-0.39, 0.29) is 24.0 Å². The topological polar surface area (TPSA) is 46.1 Å². The van der Waals surface area contributed by atoms with E-state index in [4.69, 9.17) is 9.47 Å². The van der Waals surface area contributed by atoms with E-state index in [2.05, 4.69) is 15.2 Å². The molecular formula is C19H38IN3O2. The molecule has 1 aliphatic heterocycles. The van der Waals surface area contributed by atoms with E-state index in [1.54, 1.807) is 7.11 Å². The number of methoxy groups -OCH3 is 1. The standard InChI is InChI=1S/C19H37N3O2.HI/c1-20-19(21-14-17-8-6-4-3-5-7-9-17)22-11-10-18(15-22)16-24-13-12-23-2;/h17-18H,3-16H2,1-2H3,(H,20,21);1H. The quantitative estimate of drug-likeness (QED) is 0.269. The molecule has 1 N–H and O–H groups in total. The van der Waals surface area contributed by atoms with Crippen LogP contribution in [0.25, 0.3) is 0 Å². The Balaban J connectivity index is 0.00000312. The van der Waals surface area contributed by atoms with Gasteiger partial charge in [0.15, 0.2) is 5.96 Å². The smallest absolute Gasteiger partial charge is 0.193 e. The van der Waals surface area contributed by atoms with E-state index in [1.165, 1.54) is 51.4 Å². The third kappa shape index (κ3) is 8.91. The second-order valence-corrected chi connectivity index (χ2v) is 7.31. The van der Waals surface area contributed by atoms with Gasteiger partial charge in [-0.05, 0) is 25.2 Å². The van der Waals surface area contributed by atoms with E-state index in [1.807, 2.05) is 7.05 Å². The van der Waals surface area contributed by atoms with Gasteiger partial charge in [-0.2, -0.15) is 0 Å². The molecule has 6 heteroatoms. The molecule has 1 aliphatic carbocycles. The lowest BCUT2D eigenvalue weighted by molar-refractivity contribution is 0.0536. The Bertz CT molecular complexity index is 361. The highest BCUT2D eigenvalue weighted by Crippen LogP contribution is 2.22. The van der Waals surface area contributed by atoms with Gasteiger partial charge in [-0.3, -0.25) is 4.99 Å². The average Bonchev–Trinajstić information content (AvgIpc) is 3.02. The molecule has 0 aromatic rings. The minimum Gasteiger partial charge on any atom is -0.382 e. The van der Waals surface area contributed by atoms with Gasteiger partial charge in [0.1, 0.15) is 0 Å². The third-order valence-electron chi connectivity index (χ3n) is 5.36. The zero-order chi connectivity index (χ0) is 17.0. The molecule has 0 spiro atoms. The Morgan fingerprint density at radius 3 is 2.44 bits per heavy atom. The number of nitrogens with zero attached hydrogens (tertiary/aromatic N) is 2. The number of likely N-dealkylation sites (tertiary alicyclic amines) is 1. The Morgan fingerprint density at radius 2 is 1.76 bits per heavy atom. The molecular weight excluding hydrogens is 429 g/mol. The van der Waals surface area contributed by atoms with Crippen LogP contribution in [0.4, 0.5) is 0 Å². The first-order valence-corrected chi connectivity index (χ1v) is 9.85. The molecule has 1 saturated heterocycles. The number of nitrogens with one attached hydrogen (secondary N) is 1. The summed E-state index contributed by atoms with van der Waals surface area (Å²) in [5.41, 5.74) is 0. The molecule has 0 aromatic heterocycles. The van der Waals surface area contributed by atoms with Gasteiger partial charge in [-0.25, -0.2) is 0 Å². The Kier molecular flexibility index (Phi) is 12.9. The number of guanidine groups is 1. The van der Waals surface area contributed by atoms with E-state index in [9.17, 15) is 0 Å². The first-order chi connectivity index (χ1) is 11.8. The minimum atomic E-state index is 0. The van der Waals surface area contributed by atoms with Crippen molar-refractivity contribution in [3.63, 3.8) is 0 Å². The summed E-state index contributed by atoms with van der Waals surface area (Å²) in [5.74, 6) is 2.51. The van der Waals surface area contributed by atoms with Crippen molar-refractivity contribution < 1.29 is 9.47 Å². The largest absolute Gasteiger partial charge is 0.382 e. The highest BCUT2D eigenvalue weighted by molar-refractivity contribution is 14.0. The molecule has 5 nitrogen and oxygen atoms in total. The van der Waals surface area contributed by atoms with Crippen LogP contribution < -0.4 is 5.32 Å². The molecule has 0 aromatic carbocycles. The number of rotatable bonds is 7. The number of halogens is 1. The molecule has 0 bridgehead atoms. The molecule has 1 saturated carbocycles. The van der Waals surface area contributed by atoms with Gasteiger partial charge >= 0.3 is 0 Å². The summed E-state index contributed by atoms with van der Waals surface area (Å²) in [5, 5.41) is 3.64. The van der Waals surface area contributed by atoms with Crippen LogP contribution in [0.15, 0.2) is 4.99 Å². The van der Waals surface area contributed by atoms with Crippen LogP contribution in [0.3, 0.4) is 0 Å². The minimum absolute atomic E-state index is 0. The summed E-state index contributed by atoms with van der Waals surface area (Å²) in [7, 11) is 3.62. The first-order valence-electron chi connectivity index (χ1n) is 9.85. The summed E-state index contributed by atoms with van der Waals surface area (Å²) in [6.45, 7) is 5.43. The molecule has 1 unspecified atom stereocenters. The van der Waals surface area contributed by atoms with Crippen LogP contribution in [-0.4, -0.2) is 64.5 Å². The second-order valence-electron chi connectivity index (χ2n) is 7.31. The lowest BCUT2D eigenvalue weighted by Crippen LogP contribution is -2.42. The van der Waals surface area contributed by atoms with Crippen molar-refractivity contribution in [3.8, 4) is 0 Å². The SMILES string of the molecule is CN=C(NCC1CCCCCCC1)N1CCC(COCCOC)C1.I. The van der Waals surface area contributed by atoms with E-state index in [0.717, 1.165) is 38.1 Å². The van der Waals surface area contributed by atoms with Gasteiger partial charge in [0.05, 0.1) is 19.8 Å². The highest BCUT2D eigenvalue weighted by atomic mass is 127. The summed E-state index contributed by atoms with van der Waals surface area (Å²) in [6, 6.07) is 0. The normalized spacial score (nSPS) is 23.0. The summed E-state index contributed by atoms with van der Waals surface area (Å²) >= 11 is 0. The van der Waals surface area contributed by atoms with Crippen LogP contribution in [0, 0.1) is 11.8 Å². The average molecular weight is 467 g/mol. The summed E-state index contributed by atoms with van der Waals surface area (Å²) in [4.78, 5) is 6.91. The van der Waals surface area contributed by atoms with Crippen molar-refractivity contribution in [2.24, 2.45) is 16.8 Å². The second kappa shape index (κ2) is 14.0. The summed E-state index contributed by atoms with van der Waals surface area (Å²) < 4.78 is 10.7. The maximum absolute atomic E-state index is 5.69. The maximum Gasteiger partial charge on any atom is 0.193 e. The Hall–Kier alpha value is -0.0800. The van der Waals surface area contributed by atoms with Crippen molar-refractivity contribution in [1.29, 1.82) is 0 Å². The molecule has 2 rings (SSSR count). The van der Waals surface area contributed by atoms with Gasteiger partial charge in [-0.1, -0.05) is 32.1 Å². The number of hydrogen-bond donors (Lipinski definition) is 1. The van der Waals surface area contributed by atoms with Crippen molar-refractivity contribution in [2.45, 2.75) is 51.4 Å². The molecule has 25 heavy (non-hydrogen) atoms. The van der Waals surface area contributed by atoms with Gasteiger partial charge in [0.25, 0.3) is 0 Å². The van der Waals surface area contributed by atoms with Crippen molar-refractivity contribution in [1.82, 2.24) is 10.2 Å². The zero-order valence-electron chi connectivity index (χ0n) is 16.2. The third-order valence-corrected chi connectivity index (χ3v) is 5.36. The monoisotopic (exact) mass is 467 g/mol. The van der Waals surface area contributed by atoms with Gasteiger partial charge in [0.2, 0.25) is 0 Å².